The van der Waals surface area contributed by atoms with Crippen molar-refractivity contribution in [3.63, 3.8) is 0 Å². The van der Waals surface area contributed by atoms with Gasteiger partial charge in [-0.05, 0) is 49.8 Å². The Balaban J connectivity index is 1.35. The topological polar surface area (TPSA) is 62.3 Å². The molecular weight excluding hydrogens is 394 g/mol. The Morgan fingerprint density at radius 1 is 0.906 bits per heavy atom. The molecule has 0 aliphatic carbocycles. The predicted octanol–water partition coefficient (Wildman–Crippen LogP) is 5.40. The van der Waals surface area contributed by atoms with Crippen LogP contribution in [0.3, 0.4) is 0 Å². The maximum Gasteiger partial charge on any atom is 0.113 e. The van der Waals surface area contributed by atoms with E-state index in [2.05, 4.69) is 87.4 Å². The summed E-state index contributed by atoms with van der Waals surface area (Å²) >= 11 is 0. The van der Waals surface area contributed by atoms with E-state index >= 15 is 0 Å². The van der Waals surface area contributed by atoms with E-state index in [1.165, 1.54) is 33.3 Å². The first-order valence-corrected chi connectivity index (χ1v) is 11.4. The molecule has 0 bridgehead atoms. The lowest BCUT2D eigenvalue weighted by Gasteiger charge is -2.12. The molecule has 5 rings (SSSR count). The van der Waals surface area contributed by atoms with Crippen LogP contribution in [0.4, 0.5) is 0 Å². The number of H-pyrrole nitrogens is 2. The second-order valence-electron chi connectivity index (χ2n) is 8.50. The van der Waals surface area contributed by atoms with Gasteiger partial charge >= 0.3 is 0 Å². The lowest BCUT2D eigenvalue weighted by Crippen LogP contribution is -2.10. The highest BCUT2D eigenvalue weighted by Gasteiger charge is 2.12. The molecule has 0 saturated carbocycles. The van der Waals surface area contributed by atoms with Crippen LogP contribution in [0.25, 0.3) is 10.9 Å². The minimum absolute atomic E-state index is 0.857. The monoisotopic (exact) mass is 423 g/mol. The molecule has 0 radical (unpaired) electrons. The first kappa shape index (κ1) is 20.3. The lowest BCUT2D eigenvalue weighted by molar-refractivity contribution is 0.589. The molecule has 5 nitrogen and oxygen atoms in total. The first-order chi connectivity index (χ1) is 15.8. The van der Waals surface area contributed by atoms with Crippen molar-refractivity contribution < 1.29 is 0 Å². The quantitative estimate of drug-likeness (QED) is 0.333. The molecule has 5 aromatic rings. The van der Waals surface area contributed by atoms with Crippen molar-refractivity contribution in [2.24, 2.45) is 0 Å². The molecular formula is C27H29N5. The maximum atomic E-state index is 4.85. The summed E-state index contributed by atoms with van der Waals surface area (Å²) in [5.41, 5.74) is 7.58. The number of imidazole rings is 2. The van der Waals surface area contributed by atoms with Gasteiger partial charge in [-0.1, -0.05) is 48.0 Å². The lowest BCUT2D eigenvalue weighted by atomic mass is 10.1. The van der Waals surface area contributed by atoms with Crippen LogP contribution in [0.15, 0.2) is 73.4 Å². The van der Waals surface area contributed by atoms with E-state index in [0.29, 0.717) is 0 Å². The number of nitrogens with zero attached hydrogens (tertiary/aromatic N) is 3. The van der Waals surface area contributed by atoms with Crippen molar-refractivity contribution in [2.75, 3.05) is 0 Å². The van der Waals surface area contributed by atoms with Crippen LogP contribution >= 0.6 is 0 Å². The Hall–Kier alpha value is -3.60. The summed E-state index contributed by atoms with van der Waals surface area (Å²) in [4.78, 5) is 15.7. The van der Waals surface area contributed by atoms with Crippen molar-refractivity contribution >= 4 is 10.9 Å². The van der Waals surface area contributed by atoms with Crippen molar-refractivity contribution in [1.29, 1.82) is 0 Å². The van der Waals surface area contributed by atoms with Gasteiger partial charge in [-0.25, -0.2) is 9.97 Å². The summed E-state index contributed by atoms with van der Waals surface area (Å²) in [6.07, 6.45) is 12.8. The third-order valence-corrected chi connectivity index (χ3v) is 6.20. The molecule has 0 aliphatic heterocycles. The van der Waals surface area contributed by atoms with E-state index in [-0.39, 0.29) is 0 Å². The number of hydrogen-bond acceptors (Lipinski definition) is 2. The Bertz CT molecular complexity index is 1280. The number of rotatable bonds is 9. The van der Waals surface area contributed by atoms with Crippen LogP contribution < -0.4 is 0 Å². The smallest absolute Gasteiger partial charge is 0.113 e. The number of aryl methyl sites for hydroxylation is 4. The molecule has 0 aliphatic rings. The largest absolute Gasteiger partial charge is 0.361 e. The number of aromatic amines is 2. The average molecular weight is 424 g/mol. The number of hydrogen-bond donors (Lipinski definition) is 2. The van der Waals surface area contributed by atoms with Crippen molar-refractivity contribution in [1.82, 2.24) is 24.5 Å². The number of fused-ring (bicyclic) bond motifs is 1. The number of nitrogens with one attached hydrogen (secondary N) is 2. The van der Waals surface area contributed by atoms with Crippen LogP contribution in [0, 0.1) is 6.92 Å². The fourth-order valence-corrected chi connectivity index (χ4v) is 4.40. The molecule has 0 amide bonds. The van der Waals surface area contributed by atoms with Crippen LogP contribution in [-0.4, -0.2) is 24.5 Å². The van der Waals surface area contributed by atoms with Gasteiger partial charge in [0, 0.05) is 48.2 Å². The Labute approximate surface area is 188 Å². The van der Waals surface area contributed by atoms with E-state index < -0.39 is 0 Å². The van der Waals surface area contributed by atoms with Crippen LogP contribution in [0.2, 0.25) is 0 Å². The molecule has 0 atom stereocenters. The standard InChI is InChI=1S/C27H29N5/c1-20-8-10-21(11-9-20)15-27-30-18-24(32(27)14-4-5-23-17-28-19-31-23)13-12-22-16-29-26-7-3-2-6-25(22)26/h2-3,6-11,16-19,29H,4-5,12-15H2,1H3,(H,28,31). The van der Waals surface area contributed by atoms with E-state index in [9.17, 15) is 0 Å². The van der Waals surface area contributed by atoms with Crippen molar-refractivity contribution in [3.8, 4) is 0 Å². The highest BCUT2D eigenvalue weighted by Crippen LogP contribution is 2.21. The number of benzene rings is 2. The summed E-state index contributed by atoms with van der Waals surface area (Å²) in [7, 11) is 0. The molecule has 0 unspecified atom stereocenters. The molecule has 2 aromatic carbocycles. The molecule has 0 spiro atoms. The molecule has 0 saturated heterocycles. The maximum absolute atomic E-state index is 4.85. The third kappa shape index (κ3) is 4.52. The predicted molar refractivity (Wildman–Crippen MR) is 129 cm³/mol. The second-order valence-corrected chi connectivity index (χ2v) is 8.50. The van der Waals surface area contributed by atoms with Gasteiger partial charge in [0.05, 0.1) is 12.0 Å². The highest BCUT2D eigenvalue weighted by molar-refractivity contribution is 5.83. The SMILES string of the molecule is Cc1ccc(Cc2ncc(CCc3c[nH]c4ccccc34)n2CCCc2c[nH]cn2)cc1. The minimum Gasteiger partial charge on any atom is -0.361 e. The summed E-state index contributed by atoms with van der Waals surface area (Å²) in [6, 6.07) is 17.3. The molecule has 162 valence electrons. The van der Waals surface area contributed by atoms with Gasteiger partial charge < -0.3 is 14.5 Å². The van der Waals surface area contributed by atoms with E-state index in [4.69, 9.17) is 4.98 Å². The van der Waals surface area contributed by atoms with Gasteiger partial charge in [-0.15, -0.1) is 0 Å². The van der Waals surface area contributed by atoms with Gasteiger partial charge in [0.2, 0.25) is 0 Å². The minimum atomic E-state index is 0.857. The number of para-hydroxylation sites is 1. The van der Waals surface area contributed by atoms with Gasteiger partial charge in [0.1, 0.15) is 5.82 Å². The molecule has 3 heterocycles. The van der Waals surface area contributed by atoms with Crippen molar-refractivity contribution in [3.05, 3.63) is 107 Å². The highest BCUT2D eigenvalue weighted by atomic mass is 15.1. The van der Waals surface area contributed by atoms with Crippen LogP contribution in [0.1, 0.15) is 40.3 Å². The summed E-state index contributed by atoms with van der Waals surface area (Å²) in [5, 5.41) is 1.32. The normalized spacial score (nSPS) is 11.4. The molecule has 0 fully saturated rings. The van der Waals surface area contributed by atoms with Gasteiger partial charge in [-0.2, -0.15) is 0 Å². The number of aromatic nitrogens is 5. The third-order valence-electron chi connectivity index (χ3n) is 6.20. The van der Waals surface area contributed by atoms with Gasteiger partial charge in [0.25, 0.3) is 0 Å². The van der Waals surface area contributed by atoms with Crippen LogP contribution in [0.5, 0.6) is 0 Å². The van der Waals surface area contributed by atoms with Crippen molar-refractivity contribution in [2.45, 2.75) is 45.6 Å². The van der Waals surface area contributed by atoms with E-state index in [0.717, 1.165) is 50.2 Å². The average Bonchev–Trinajstić information content (AvgIpc) is 3.55. The summed E-state index contributed by atoms with van der Waals surface area (Å²) in [6.45, 7) is 3.08. The molecule has 32 heavy (non-hydrogen) atoms. The Morgan fingerprint density at radius 2 is 1.78 bits per heavy atom. The Kier molecular flexibility index (Phi) is 5.88. The fourth-order valence-electron chi connectivity index (χ4n) is 4.40. The van der Waals surface area contributed by atoms with E-state index in [1.54, 1.807) is 6.33 Å². The second kappa shape index (κ2) is 9.27. The Morgan fingerprint density at radius 3 is 2.62 bits per heavy atom. The molecule has 2 N–H and O–H groups in total. The summed E-state index contributed by atoms with van der Waals surface area (Å²) < 4.78 is 2.43. The fraction of sp³-hybridized carbons (Fsp3) is 0.259. The summed E-state index contributed by atoms with van der Waals surface area (Å²) in [5.74, 6) is 1.14. The molecule has 5 heteroatoms. The zero-order chi connectivity index (χ0) is 21.8. The zero-order valence-electron chi connectivity index (χ0n) is 18.5. The first-order valence-electron chi connectivity index (χ1n) is 11.4. The van der Waals surface area contributed by atoms with Crippen LogP contribution in [-0.2, 0) is 32.2 Å². The van der Waals surface area contributed by atoms with Gasteiger partial charge in [0.15, 0.2) is 0 Å². The zero-order valence-corrected chi connectivity index (χ0v) is 18.5. The van der Waals surface area contributed by atoms with Gasteiger partial charge in [-0.3, -0.25) is 0 Å². The molecule has 3 aromatic heterocycles. The van der Waals surface area contributed by atoms with E-state index in [1.807, 2.05) is 6.20 Å².